The summed E-state index contributed by atoms with van der Waals surface area (Å²) < 4.78 is 0. The Kier molecular flexibility index (Phi) is 10.7. The number of hydrogen-bond donors (Lipinski definition) is 1. The minimum atomic E-state index is 1.03. The third-order valence-corrected chi connectivity index (χ3v) is 4.41. The first-order valence-electron chi connectivity index (χ1n) is 9.70. The summed E-state index contributed by atoms with van der Waals surface area (Å²) >= 11 is 0. The molecule has 138 valence electrons. The lowest BCUT2D eigenvalue weighted by Crippen LogP contribution is -1.86. The maximum Gasteiger partial charge on any atom is 0.0188 e. The summed E-state index contributed by atoms with van der Waals surface area (Å²) in [6.07, 6.45) is 19.6. The van der Waals surface area contributed by atoms with Crippen LogP contribution < -0.4 is 0 Å². The van der Waals surface area contributed by atoms with E-state index in [0.717, 1.165) is 19.3 Å². The van der Waals surface area contributed by atoms with Gasteiger partial charge in [-0.05, 0) is 85.3 Å². The van der Waals surface area contributed by atoms with Crippen LogP contribution in [0.2, 0.25) is 0 Å². The third-order valence-electron chi connectivity index (χ3n) is 4.41. The highest BCUT2D eigenvalue weighted by Gasteiger charge is 1.95. The Hall–Kier alpha value is -1.76. The van der Waals surface area contributed by atoms with Crippen LogP contribution in [0.5, 0.6) is 0 Å². The molecular weight excluding hydrogens is 302 g/mol. The zero-order chi connectivity index (χ0) is 18.5. The van der Waals surface area contributed by atoms with Gasteiger partial charge in [0.25, 0.3) is 0 Å². The Morgan fingerprint density at radius 3 is 1.88 bits per heavy atom. The van der Waals surface area contributed by atoms with Gasteiger partial charge in [0.05, 0.1) is 0 Å². The minimum absolute atomic E-state index is 1.03. The van der Waals surface area contributed by atoms with Crippen molar-refractivity contribution in [2.75, 3.05) is 0 Å². The predicted octanol–water partition coefficient (Wildman–Crippen LogP) is 7.70. The van der Waals surface area contributed by atoms with Crippen LogP contribution in [0.1, 0.15) is 78.8 Å². The van der Waals surface area contributed by atoms with Crippen molar-refractivity contribution in [3.8, 4) is 0 Å². The standard InChI is InChI=1S/C24H37N/c1-20(2)11-8-14-22(4)16-9-15-21(3)12-6-7-13-23(5)19-24-17-10-18-25-24/h10-13,16-18,25H,6-9,14-15,19H2,1-5H3/b21-12+,22-16?,23-13?. The topological polar surface area (TPSA) is 15.8 Å². The van der Waals surface area contributed by atoms with E-state index in [1.807, 2.05) is 6.20 Å². The number of hydrogen-bond acceptors (Lipinski definition) is 0. The number of H-pyrrole nitrogens is 1. The molecule has 1 rings (SSSR count). The molecule has 0 spiro atoms. The molecule has 0 aliphatic rings. The van der Waals surface area contributed by atoms with Crippen molar-refractivity contribution in [3.63, 3.8) is 0 Å². The van der Waals surface area contributed by atoms with Crippen LogP contribution in [0, 0.1) is 0 Å². The van der Waals surface area contributed by atoms with Gasteiger partial charge in [-0.3, -0.25) is 0 Å². The molecule has 1 N–H and O–H groups in total. The highest BCUT2D eigenvalue weighted by atomic mass is 14.7. The second-order valence-corrected chi connectivity index (χ2v) is 7.46. The van der Waals surface area contributed by atoms with Gasteiger partial charge in [-0.1, -0.05) is 46.6 Å². The summed E-state index contributed by atoms with van der Waals surface area (Å²) in [6.45, 7) is 11.1. The smallest absolute Gasteiger partial charge is 0.0188 e. The largest absolute Gasteiger partial charge is 0.365 e. The monoisotopic (exact) mass is 339 g/mol. The molecule has 0 aliphatic heterocycles. The van der Waals surface area contributed by atoms with E-state index in [2.05, 4.69) is 76.0 Å². The quantitative estimate of drug-likeness (QED) is 0.314. The van der Waals surface area contributed by atoms with Gasteiger partial charge in [0.1, 0.15) is 0 Å². The van der Waals surface area contributed by atoms with E-state index >= 15 is 0 Å². The Labute approximate surface area is 155 Å². The average molecular weight is 340 g/mol. The molecule has 1 nitrogen and oxygen atoms in total. The molecule has 0 aromatic carbocycles. The molecule has 1 aromatic heterocycles. The lowest BCUT2D eigenvalue weighted by Gasteiger charge is -2.02. The fraction of sp³-hybridized carbons (Fsp3) is 0.500. The van der Waals surface area contributed by atoms with Gasteiger partial charge >= 0.3 is 0 Å². The molecule has 25 heavy (non-hydrogen) atoms. The Balaban J connectivity index is 2.21. The highest BCUT2D eigenvalue weighted by molar-refractivity contribution is 5.14. The number of nitrogens with one attached hydrogen (secondary N) is 1. The van der Waals surface area contributed by atoms with E-state index in [1.165, 1.54) is 53.7 Å². The lowest BCUT2D eigenvalue weighted by atomic mass is 10.0. The highest BCUT2D eigenvalue weighted by Crippen LogP contribution is 2.13. The summed E-state index contributed by atoms with van der Waals surface area (Å²) in [5.41, 5.74) is 7.20. The molecule has 1 heteroatoms. The van der Waals surface area contributed by atoms with Gasteiger partial charge in [-0.2, -0.15) is 0 Å². The maximum absolute atomic E-state index is 3.27. The molecule has 0 bridgehead atoms. The fourth-order valence-electron chi connectivity index (χ4n) is 2.85. The van der Waals surface area contributed by atoms with E-state index in [0.29, 0.717) is 0 Å². The summed E-state index contributed by atoms with van der Waals surface area (Å²) in [7, 11) is 0. The van der Waals surface area contributed by atoms with E-state index < -0.39 is 0 Å². The SMILES string of the molecule is CC(C)=CCCC(C)=CCC/C(C)=C/CCC=C(C)Cc1ccc[nH]1. The van der Waals surface area contributed by atoms with Gasteiger partial charge in [-0.25, -0.2) is 0 Å². The molecule has 0 saturated carbocycles. The van der Waals surface area contributed by atoms with Crippen LogP contribution in [-0.2, 0) is 6.42 Å². The first kappa shape index (κ1) is 21.3. The van der Waals surface area contributed by atoms with Crippen molar-refractivity contribution >= 4 is 0 Å². The molecular formula is C24H37N. The molecule has 1 aromatic rings. The lowest BCUT2D eigenvalue weighted by molar-refractivity contribution is 0.905. The maximum atomic E-state index is 3.27. The van der Waals surface area contributed by atoms with Crippen molar-refractivity contribution in [1.82, 2.24) is 4.98 Å². The third kappa shape index (κ3) is 11.4. The molecule has 0 aliphatic carbocycles. The van der Waals surface area contributed by atoms with Crippen LogP contribution in [0.3, 0.4) is 0 Å². The zero-order valence-corrected chi connectivity index (χ0v) is 17.0. The van der Waals surface area contributed by atoms with Crippen molar-refractivity contribution < 1.29 is 0 Å². The normalized spacial score (nSPS) is 13.2. The number of allylic oxidation sites excluding steroid dienone is 8. The van der Waals surface area contributed by atoms with Crippen LogP contribution >= 0.6 is 0 Å². The fourth-order valence-corrected chi connectivity index (χ4v) is 2.85. The second kappa shape index (κ2) is 12.6. The molecule has 0 unspecified atom stereocenters. The second-order valence-electron chi connectivity index (χ2n) is 7.46. The van der Waals surface area contributed by atoms with Crippen molar-refractivity contribution in [2.24, 2.45) is 0 Å². The molecule has 1 heterocycles. The molecule has 0 saturated heterocycles. The van der Waals surface area contributed by atoms with Crippen LogP contribution in [-0.4, -0.2) is 4.98 Å². The Morgan fingerprint density at radius 1 is 0.760 bits per heavy atom. The number of aromatic nitrogens is 1. The summed E-state index contributed by atoms with van der Waals surface area (Å²) in [5, 5.41) is 0. The summed E-state index contributed by atoms with van der Waals surface area (Å²) in [4.78, 5) is 3.27. The Morgan fingerprint density at radius 2 is 1.32 bits per heavy atom. The van der Waals surface area contributed by atoms with Gasteiger partial charge < -0.3 is 4.98 Å². The first-order chi connectivity index (χ1) is 12.0. The zero-order valence-electron chi connectivity index (χ0n) is 17.0. The van der Waals surface area contributed by atoms with Gasteiger partial charge in [0.15, 0.2) is 0 Å². The molecule has 0 atom stereocenters. The molecule has 0 fully saturated rings. The van der Waals surface area contributed by atoms with Gasteiger partial charge in [-0.15, -0.1) is 0 Å². The van der Waals surface area contributed by atoms with Crippen molar-refractivity contribution in [1.29, 1.82) is 0 Å². The van der Waals surface area contributed by atoms with E-state index in [9.17, 15) is 0 Å². The number of rotatable bonds is 11. The van der Waals surface area contributed by atoms with E-state index in [4.69, 9.17) is 0 Å². The predicted molar refractivity (Wildman–Crippen MR) is 113 cm³/mol. The van der Waals surface area contributed by atoms with E-state index in [1.54, 1.807) is 0 Å². The van der Waals surface area contributed by atoms with E-state index in [-0.39, 0.29) is 0 Å². The van der Waals surface area contributed by atoms with Crippen molar-refractivity contribution in [2.45, 2.75) is 79.6 Å². The van der Waals surface area contributed by atoms with Crippen LogP contribution in [0.15, 0.2) is 64.9 Å². The summed E-state index contributed by atoms with van der Waals surface area (Å²) in [6, 6.07) is 4.21. The molecule has 0 amide bonds. The van der Waals surface area contributed by atoms with Crippen molar-refractivity contribution in [3.05, 3.63) is 70.6 Å². The first-order valence-corrected chi connectivity index (χ1v) is 9.70. The number of unbranched alkanes of at least 4 members (excludes halogenated alkanes) is 1. The summed E-state index contributed by atoms with van der Waals surface area (Å²) in [5.74, 6) is 0. The average Bonchev–Trinajstić information content (AvgIpc) is 3.04. The van der Waals surface area contributed by atoms with Gasteiger partial charge in [0, 0.05) is 18.3 Å². The van der Waals surface area contributed by atoms with Crippen LogP contribution in [0.25, 0.3) is 0 Å². The van der Waals surface area contributed by atoms with Gasteiger partial charge in [0.2, 0.25) is 0 Å². The Bertz CT molecular complexity index is 590. The minimum Gasteiger partial charge on any atom is -0.365 e. The number of aromatic amines is 1. The molecule has 0 radical (unpaired) electrons. The van der Waals surface area contributed by atoms with Crippen LogP contribution in [0.4, 0.5) is 0 Å².